The van der Waals surface area contributed by atoms with E-state index in [4.69, 9.17) is 10.5 Å². The number of hydrogen-bond donors (Lipinski definition) is 4. The van der Waals surface area contributed by atoms with Crippen LogP contribution in [0.5, 0.6) is 0 Å². The second kappa shape index (κ2) is 3.66. The van der Waals surface area contributed by atoms with Crippen molar-refractivity contribution in [3.8, 4) is 0 Å². The van der Waals surface area contributed by atoms with Crippen molar-refractivity contribution < 1.29 is 14.9 Å². The second-order valence-corrected chi connectivity index (χ2v) is 3.32. The highest BCUT2D eigenvalue weighted by molar-refractivity contribution is 5.07. The number of imidazole rings is 1. The largest absolute Gasteiger partial charge is 0.388 e. The van der Waals surface area contributed by atoms with Crippen LogP contribution in [0.2, 0.25) is 0 Å². The molecule has 5 N–H and O–H groups in total. The minimum absolute atomic E-state index is 0.183. The fourth-order valence-corrected chi connectivity index (χ4v) is 1.62. The quantitative estimate of drug-likeness (QED) is 0.465. The highest BCUT2D eigenvalue weighted by atomic mass is 16.5. The van der Waals surface area contributed by atoms with Gasteiger partial charge in [0.05, 0.1) is 24.3 Å². The van der Waals surface area contributed by atoms with Crippen LogP contribution in [-0.2, 0) is 4.74 Å². The van der Waals surface area contributed by atoms with Crippen LogP contribution in [-0.4, -0.2) is 45.0 Å². The maximum absolute atomic E-state index is 9.65. The number of aliphatic hydroxyl groups excluding tert-OH is 2. The number of nitrogens with zero attached hydrogens (tertiary/aromatic N) is 1. The minimum Gasteiger partial charge on any atom is -0.388 e. The molecule has 1 aromatic rings. The van der Waals surface area contributed by atoms with Gasteiger partial charge >= 0.3 is 0 Å². The van der Waals surface area contributed by atoms with Crippen molar-refractivity contribution in [1.29, 1.82) is 0 Å². The van der Waals surface area contributed by atoms with Crippen LogP contribution >= 0.6 is 0 Å². The standard InChI is InChI=1S/C8H13N3O3/c9-1-5-6(12)7(13)8(14-5)4-2-10-3-11-4/h2-3,5-8,12-13H,1,9H2,(H,10,11)/t5-,6-,7+,8-/m0/s1. The van der Waals surface area contributed by atoms with Crippen LogP contribution in [0, 0.1) is 0 Å². The summed E-state index contributed by atoms with van der Waals surface area (Å²) in [6.07, 6.45) is 0.0734. The van der Waals surface area contributed by atoms with E-state index in [-0.39, 0.29) is 6.54 Å². The van der Waals surface area contributed by atoms with Crippen molar-refractivity contribution >= 4 is 0 Å². The number of aromatic amines is 1. The van der Waals surface area contributed by atoms with Crippen LogP contribution in [0.4, 0.5) is 0 Å². The summed E-state index contributed by atoms with van der Waals surface area (Å²) in [6.45, 7) is 0.183. The van der Waals surface area contributed by atoms with Crippen molar-refractivity contribution in [2.75, 3.05) is 6.54 Å². The molecule has 0 amide bonds. The van der Waals surface area contributed by atoms with Gasteiger partial charge in [-0.15, -0.1) is 0 Å². The first kappa shape index (κ1) is 9.60. The number of rotatable bonds is 2. The van der Waals surface area contributed by atoms with Crippen LogP contribution in [0.3, 0.4) is 0 Å². The third-order valence-electron chi connectivity index (χ3n) is 2.42. The Morgan fingerprint density at radius 1 is 1.50 bits per heavy atom. The first-order valence-corrected chi connectivity index (χ1v) is 4.44. The summed E-state index contributed by atoms with van der Waals surface area (Å²) in [5.74, 6) is 0. The van der Waals surface area contributed by atoms with E-state index in [1.165, 1.54) is 6.33 Å². The first-order valence-electron chi connectivity index (χ1n) is 4.44. The van der Waals surface area contributed by atoms with Gasteiger partial charge in [-0.25, -0.2) is 4.98 Å². The molecule has 1 aliphatic rings. The van der Waals surface area contributed by atoms with E-state index in [0.717, 1.165) is 0 Å². The Bertz CT molecular complexity index is 290. The number of nitrogens with two attached hydrogens (primary N) is 1. The lowest BCUT2D eigenvalue weighted by Gasteiger charge is -2.11. The Kier molecular flexibility index (Phi) is 2.51. The van der Waals surface area contributed by atoms with E-state index < -0.39 is 24.4 Å². The Hall–Kier alpha value is -0.950. The summed E-state index contributed by atoms with van der Waals surface area (Å²) in [4.78, 5) is 6.64. The van der Waals surface area contributed by atoms with Gasteiger partial charge in [0.25, 0.3) is 0 Å². The predicted octanol–water partition coefficient (Wildman–Crippen LogP) is -1.47. The Labute approximate surface area is 80.7 Å². The van der Waals surface area contributed by atoms with Gasteiger partial charge < -0.3 is 25.7 Å². The van der Waals surface area contributed by atoms with Crippen molar-refractivity contribution in [2.45, 2.75) is 24.4 Å². The highest BCUT2D eigenvalue weighted by Crippen LogP contribution is 2.31. The number of aromatic nitrogens is 2. The summed E-state index contributed by atoms with van der Waals surface area (Å²) in [7, 11) is 0. The minimum atomic E-state index is -0.955. The van der Waals surface area contributed by atoms with Crippen molar-refractivity contribution in [3.63, 3.8) is 0 Å². The molecule has 1 fully saturated rings. The Balaban J connectivity index is 2.16. The fraction of sp³-hybridized carbons (Fsp3) is 0.625. The summed E-state index contributed by atoms with van der Waals surface area (Å²) < 4.78 is 5.38. The zero-order valence-corrected chi connectivity index (χ0v) is 7.50. The van der Waals surface area contributed by atoms with Gasteiger partial charge in [0.2, 0.25) is 0 Å². The molecule has 1 aromatic heterocycles. The van der Waals surface area contributed by atoms with Gasteiger partial charge in [-0.3, -0.25) is 0 Å². The fourth-order valence-electron chi connectivity index (χ4n) is 1.62. The number of aliphatic hydroxyl groups is 2. The second-order valence-electron chi connectivity index (χ2n) is 3.32. The molecule has 6 heteroatoms. The SMILES string of the molecule is NC[C@@H]1O[C@@H](c2cnc[nH]2)[C@H](O)[C@H]1O. The zero-order chi connectivity index (χ0) is 10.1. The number of H-pyrrole nitrogens is 1. The average Bonchev–Trinajstić information content (AvgIpc) is 2.78. The first-order chi connectivity index (χ1) is 6.74. The maximum atomic E-state index is 9.65. The van der Waals surface area contributed by atoms with Crippen molar-refractivity contribution in [2.24, 2.45) is 5.73 Å². The summed E-state index contributed by atoms with van der Waals surface area (Å²) in [5, 5.41) is 19.2. The van der Waals surface area contributed by atoms with E-state index >= 15 is 0 Å². The molecule has 0 radical (unpaired) electrons. The molecule has 1 saturated heterocycles. The molecule has 2 heterocycles. The van der Waals surface area contributed by atoms with Crippen LogP contribution in [0.25, 0.3) is 0 Å². The van der Waals surface area contributed by atoms with Gasteiger partial charge in [-0.05, 0) is 0 Å². The van der Waals surface area contributed by atoms with Crippen LogP contribution in [0.15, 0.2) is 12.5 Å². The number of ether oxygens (including phenoxy) is 1. The van der Waals surface area contributed by atoms with Gasteiger partial charge in [-0.2, -0.15) is 0 Å². The van der Waals surface area contributed by atoms with E-state index in [1.54, 1.807) is 6.20 Å². The molecule has 2 rings (SSSR count). The third kappa shape index (κ3) is 1.42. The molecule has 4 atom stereocenters. The average molecular weight is 199 g/mol. The lowest BCUT2D eigenvalue weighted by Crippen LogP contribution is -2.35. The molecule has 0 saturated carbocycles. The molecule has 0 bridgehead atoms. The molecule has 0 unspecified atom stereocenters. The molecular formula is C8H13N3O3. The van der Waals surface area contributed by atoms with E-state index in [2.05, 4.69) is 9.97 Å². The Morgan fingerprint density at radius 3 is 2.79 bits per heavy atom. The molecule has 1 aliphatic heterocycles. The molecule has 0 aromatic carbocycles. The van der Waals surface area contributed by atoms with E-state index in [9.17, 15) is 10.2 Å². The third-order valence-corrected chi connectivity index (χ3v) is 2.42. The number of nitrogens with one attached hydrogen (secondary N) is 1. The van der Waals surface area contributed by atoms with Crippen molar-refractivity contribution in [1.82, 2.24) is 9.97 Å². The summed E-state index contributed by atoms with van der Waals surface area (Å²) in [6, 6.07) is 0. The van der Waals surface area contributed by atoms with E-state index in [1.807, 2.05) is 0 Å². The molecule has 0 spiro atoms. The smallest absolute Gasteiger partial charge is 0.128 e. The lowest BCUT2D eigenvalue weighted by atomic mass is 10.1. The Morgan fingerprint density at radius 2 is 2.29 bits per heavy atom. The molecule has 78 valence electrons. The van der Waals surface area contributed by atoms with Crippen LogP contribution < -0.4 is 5.73 Å². The lowest BCUT2D eigenvalue weighted by molar-refractivity contribution is 0.00933. The normalized spacial score (nSPS) is 37.6. The van der Waals surface area contributed by atoms with Crippen LogP contribution in [0.1, 0.15) is 11.8 Å². The van der Waals surface area contributed by atoms with Gasteiger partial charge in [0.1, 0.15) is 18.3 Å². The highest BCUT2D eigenvalue weighted by Gasteiger charge is 2.43. The van der Waals surface area contributed by atoms with Gasteiger partial charge in [-0.1, -0.05) is 0 Å². The predicted molar refractivity (Wildman–Crippen MR) is 47.3 cm³/mol. The van der Waals surface area contributed by atoms with Gasteiger partial charge in [0, 0.05) is 6.54 Å². The summed E-state index contributed by atoms with van der Waals surface area (Å²) >= 11 is 0. The molecule has 6 nitrogen and oxygen atoms in total. The van der Waals surface area contributed by atoms with Crippen molar-refractivity contribution in [3.05, 3.63) is 18.2 Å². The molecular weight excluding hydrogens is 186 g/mol. The monoisotopic (exact) mass is 199 g/mol. The van der Waals surface area contributed by atoms with E-state index in [0.29, 0.717) is 5.69 Å². The topological polar surface area (TPSA) is 104 Å². The molecule has 0 aliphatic carbocycles. The maximum Gasteiger partial charge on any atom is 0.128 e. The molecule has 14 heavy (non-hydrogen) atoms. The summed E-state index contributed by atoms with van der Waals surface area (Å²) in [5.41, 5.74) is 6.03. The zero-order valence-electron chi connectivity index (χ0n) is 7.50. The van der Waals surface area contributed by atoms with Gasteiger partial charge in [0.15, 0.2) is 0 Å². The number of hydrogen-bond acceptors (Lipinski definition) is 5.